The van der Waals surface area contributed by atoms with Crippen LogP contribution in [0.1, 0.15) is 77.1 Å². The lowest BCUT2D eigenvalue weighted by molar-refractivity contribution is -0.136. The molecule has 4 unspecified atom stereocenters. The molecule has 2 fully saturated rings. The van der Waals surface area contributed by atoms with Gasteiger partial charge in [-0.3, -0.25) is 9.59 Å². The predicted octanol–water partition coefficient (Wildman–Crippen LogP) is 7.07. The molecular weight excluding hydrogens is 745 g/mol. The maximum atomic E-state index is 13.7. The van der Waals surface area contributed by atoms with Crippen LogP contribution in [0.25, 0.3) is 44.6 Å². The van der Waals surface area contributed by atoms with E-state index >= 15 is 0 Å². The Morgan fingerprint density at radius 3 is 1.86 bits per heavy atom. The second kappa shape index (κ2) is 15.6. The van der Waals surface area contributed by atoms with Crippen molar-refractivity contribution in [1.82, 2.24) is 40.4 Å². The summed E-state index contributed by atoms with van der Waals surface area (Å²) in [5.74, 6) is 2.07. The van der Waals surface area contributed by atoms with E-state index < -0.39 is 24.3 Å². The monoisotopic (exact) mass is 792 g/mol. The van der Waals surface area contributed by atoms with Crippen LogP contribution in [0, 0.1) is 11.8 Å². The van der Waals surface area contributed by atoms with Crippen LogP contribution in [0.3, 0.4) is 0 Å². The molecule has 16 heteroatoms. The van der Waals surface area contributed by atoms with E-state index in [4.69, 9.17) is 28.6 Å². The van der Waals surface area contributed by atoms with Gasteiger partial charge in [-0.2, -0.15) is 0 Å². The second-order valence-electron chi connectivity index (χ2n) is 15.7. The Balaban J connectivity index is 1.01. The number of H-pyrrole nitrogens is 2. The van der Waals surface area contributed by atoms with E-state index in [1.165, 1.54) is 14.2 Å². The molecule has 0 spiro atoms. The molecule has 0 aliphatic carbocycles. The molecule has 3 aromatic heterocycles. The maximum absolute atomic E-state index is 13.7. The molecule has 3 aliphatic heterocycles. The zero-order valence-electron chi connectivity index (χ0n) is 33.4. The first-order chi connectivity index (χ1) is 28.0. The Morgan fingerprint density at radius 1 is 0.741 bits per heavy atom. The van der Waals surface area contributed by atoms with Gasteiger partial charge in [0.25, 0.3) is 0 Å². The zero-order chi connectivity index (χ0) is 40.8. The van der Waals surface area contributed by atoms with Crippen molar-refractivity contribution < 1.29 is 37.8 Å². The van der Waals surface area contributed by atoms with Gasteiger partial charge in [-0.05, 0) is 61.8 Å². The minimum atomic E-state index is -0.723. The highest BCUT2D eigenvalue weighted by Crippen LogP contribution is 2.50. The number of aromatic nitrogens is 4. The number of alkyl carbamates (subject to hydrolysis) is 2. The molecule has 3 aliphatic rings. The summed E-state index contributed by atoms with van der Waals surface area (Å²) in [6.07, 6.45) is 7.10. The Kier molecular flexibility index (Phi) is 10.3. The summed E-state index contributed by atoms with van der Waals surface area (Å²) >= 11 is 0. The van der Waals surface area contributed by atoms with Gasteiger partial charge in [-0.1, -0.05) is 33.8 Å². The fraction of sp³-hybridized carbons (Fsp3) is 0.429. The van der Waals surface area contributed by atoms with Crippen LogP contribution in [-0.2, 0) is 19.1 Å². The number of likely N-dealkylation sites (tertiary alicyclic amines) is 2. The smallest absolute Gasteiger partial charge is 0.407 e. The molecule has 5 aromatic rings. The number of carbonyl (C=O) groups is 4. The highest BCUT2D eigenvalue weighted by atomic mass is 16.5. The van der Waals surface area contributed by atoms with Gasteiger partial charge in [0.05, 0.1) is 61.7 Å². The highest BCUT2D eigenvalue weighted by molar-refractivity contribution is 6.07. The van der Waals surface area contributed by atoms with Gasteiger partial charge in [0, 0.05) is 35.3 Å². The number of nitrogens with one attached hydrogen (secondary N) is 4. The maximum Gasteiger partial charge on any atom is 0.407 e. The van der Waals surface area contributed by atoms with E-state index in [9.17, 15) is 19.2 Å². The topological polar surface area (TPSA) is 197 Å². The van der Waals surface area contributed by atoms with Gasteiger partial charge in [0.2, 0.25) is 11.8 Å². The van der Waals surface area contributed by atoms with E-state index in [0.29, 0.717) is 41.8 Å². The molecule has 58 heavy (non-hydrogen) atoms. The summed E-state index contributed by atoms with van der Waals surface area (Å²) < 4.78 is 22.3. The average Bonchev–Trinajstić information content (AvgIpc) is 4.07. The molecule has 2 saturated heterocycles. The number of nitrogens with zero attached hydrogens (tertiary/aromatic N) is 4. The number of aromatic amines is 2. The zero-order valence-corrected chi connectivity index (χ0v) is 33.4. The number of amides is 4. The van der Waals surface area contributed by atoms with Crippen LogP contribution in [0.5, 0.6) is 11.5 Å². The SMILES string of the molecule is COC(=O)NC(C(=O)N1CCCC1c1ncc(-c2ccc3c(c2)Oc2ccc(-c4cnc(C5CCCN5C(=O)C(NC(=O)OC)C(C)C)[nH]4)c4occ-3c24)[nH]1)C(C)C. The van der Waals surface area contributed by atoms with Crippen molar-refractivity contribution in [2.75, 3.05) is 27.3 Å². The lowest BCUT2D eigenvalue weighted by Crippen LogP contribution is -2.51. The van der Waals surface area contributed by atoms with E-state index in [2.05, 4.69) is 20.6 Å². The fourth-order valence-electron chi connectivity index (χ4n) is 8.41. The molecule has 8 rings (SSSR count). The second-order valence-corrected chi connectivity index (χ2v) is 15.7. The van der Waals surface area contributed by atoms with Crippen LogP contribution in [0.4, 0.5) is 9.59 Å². The Morgan fingerprint density at radius 2 is 1.29 bits per heavy atom. The Hall–Kier alpha value is -6.32. The van der Waals surface area contributed by atoms with Gasteiger partial charge in [-0.15, -0.1) is 0 Å². The number of rotatable bonds is 10. The van der Waals surface area contributed by atoms with Crippen molar-refractivity contribution in [1.29, 1.82) is 0 Å². The summed E-state index contributed by atoms with van der Waals surface area (Å²) in [7, 11) is 2.56. The van der Waals surface area contributed by atoms with Gasteiger partial charge >= 0.3 is 12.2 Å². The molecule has 0 radical (unpaired) electrons. The molecule has 4 amide bonds. The fourth-order valence-corrected chi connectivity index (χ4v) is 8.41. The number of imidazole rings is 2. The number of furan rings is 1. The summed E-state index contributed by atoms with van der Waals surface area (Å²) in [5, 5.41) is 6.23. The van der Waals surface area contributed by atoms with Crippen molar-refractivity contribution in [3.63, 3.8) is 0 Å². The minimum Gasteiger partial charge on any atom is -0.463 e. The summed E-state index contributed by atoms with van der Waals surface area (Å²) in [6.45, 7) is 8.69. The molecule has 0 saturated carbocycles. The minimum absolute atomic E-state index is 0.128. The standard InChI is InChI=1S/C42H48N8O8/c1-21(2)34(47-41(53)55-5)39(51)49-15-7-9-29(49)37-43-18-27(45-37)23-11-12-24-26-20-57-36-25(13-14-31(33(26)36)58-32(24)17-23)28-19-44-38(46-28)30-10-8-16-50(30)40(52)35(22(3)4)48-42(54)56-6/h11-14,17-22,29-30,34-35H,7-10,15-16H2,1-6H3,(H,43,45)(H,44,46)(H,47,53)(H,48,54). The largest absolute Gasteiger partial charge is 0.463 e. The molecule has 2 aromatic carbocycles. The lowest BCUT2D eigenvalue weighted by Gasteiger charge is -2.30. The third-order valence-corrected chi connectivity index (χ3v) is 11.5. The Labute approximate surface area is 335 Å². The van der Waals surface area contributed by atoms with Crippen molar-refractivity contribution >= 4 is 35.0 Å². The molecule has 4 N–H and O–H groups in total. The number of carbonyl (C=O) groups excluding carboxylic acids is 4. The molecule has 0 bridgehead atoms. The van der Waals surface area contributed by atoms with Crippen molar-refractivity contribution in [3.8, 4) is 45.1 Å². The summed E-state index contributed by atoms with van der Waals surface area (Å²) in [4.78, 5) is 71.2. The average molecular weight is 793 g/mol. The molecule has 4 atom stereocenters. The number of methoxy groups -OCH3 is 2. The number of hydrogen-bond acceptors (Lipinski definition) is 10. The van der Waals surface area contributed by atoms with Gasteiger partial charge in [0.15, 0.2) is 0 Å². The van der Waals surface area contributed by atoms with E-state index in [0.717, 1.165) is 64.7 Å². The van der Waals surface area contributed by atoms with E-state index in [-0.39, 0.29) is 35.7 Å². The molecule has 304 valence electrons. The molecular formula is C42H48N8O8. The van der Waals surface area contributed by atoms with Gasteiger partial charge < -0.3 is 49.0 Å². The first-order valence-corrected chi connectivity index (χ1v) is 19.7. The first kappa shape index (κ1) is 38.5. The Bertz CT molecular complexity index is 2380. The summed E-state index contributed by atoms with van der Waals surface area (Å²) in [5.41, 5.74) is 5.62. The molecule has 16 nitrogen and oxygen atoms in total. The van der Waals surface area contributed by atoms with Crippen LogP contribution in [0.15, 0.2) is 53.4 Å². The number of ether oxygens (including phenoxy) is 3. The van der Waals surface area contributed by atoms with Crippen molar-refractivity contribution in [3.05, 3.63) is 60.6 Å². The van der Waals surface area contributed by atoms with Gasteiger partial charge in [-0.25, -0.2) is 19.6 Å². The first-order valence-electron chi connectivity index (χ1n) is 19.7. The quantitative estimate of drug-likeness (QED) is 0.111. The number of hydrogen-bond donors (Lipinski definition) is 4. The third-order valence-electron chi connectivity index (χ3n) is 11.5. The van der Waals surface area contributed by atoms with Crippen LogP contribution >= 0.6 is 0 Å². The van der Waals surface area contributed by atoms with Gasteiger partial charge in [0.1, 0.15) is 40.8 Å². The summed E-state index contributed by atoms with van der Waals surface area (Å²) in [6, 6.07) is 7.86. The van der Waals surface area contributed by atoms with Crippen LogP contribution < -0.4 is 15.4 Å². The van der Waals surface area contributed by atoms with Crippen molar-refractivity contribution in [2.45, 2.75) is 77.5 Å². The third kappa shape index (κ3) is 6.89. The van der Waals surface area contributed by atoms with E-state index in [1.807, 2.05) is 58.0 Å². The number of fused-ring (bicyclic) bond motifs is 2. The van der Waals surface area contributed by atoms with Crippen LogP contribution in [-0.4, -0.2) is 93.1 Å². The van der Waals surface area contributed by atoms with Crippen molar-refractivity contribution in [2.24, 2.45) is 11.8 Å². The normalized spacial score (nSPS) is 18.3. The lowest BCUT2D eigenvalue weighted by atomic mass is 9.97. The number of benzene rings is 2. The predicted molar refractivity (Wildman–Crippen MR) is 213 cm³/mol. The van der Waals surface area contributed by atoms with Crippen LogP contribution in [0.2, 0.25) is 0 Å². The molecule has 6 heterocycles. The van der Waals surface area contributed by atoms with E-state index in [1.54, 1.807) is 28.5 Å². The highest BCUT2D eigenvalue weighted by Gasteiger charge is 2.39.